The molecule has 7 heteroatoms. The third kappa shape index (κ3) is 4.06. The van der Waals surface area contributed by atoms with Crippen LogP contribution in [0.5, 0.6) is 0 Å². The largest absolute Gasteiger partial charge is 0.378 e. The molecule has 0 radical (unpaired) electrons. The predicted octanol–water partition coefficient (Wildman–Crippen LogP) is 0.0280. The number of carbonyl (C=O) groups excluding carboxylic acids is 1. The Hall–Kier alpha value is -1.89. The highest BCUT2D eigenvalue weighted by molar-refractivity contribution is 5.76. The Kier molecular flexibility index (Phi) is 4.51. The monoisotopic (exact) mass is 265 g/mol. The molecule has 2 rings (SSSR count). The number of morpholine rings is 1. The average Bonchev–Trinajstić information content (AvgIpc) is 2.38. The molecule has 0 bridgehead atoms. The van der Waals surface area contributed by atoms with Crippen molar-refractivity contribution in [2.75, 3.05) is 43.9 Å². The van der Waals surface area contributed by atoms with E-state index in [4.69, 9.17) is 10.5 Å². The highest BCUT2D eigenvalue weighted by Gasteiger charge is 2.16. The van der Waals surface area contributed by atoms with Gasteiger partial charge in [-0.15, -0.1) is 0 Å². The lowest BCUT2D eigenvalue weighted by Crippen LogP contribution is -2.41. The molecule has 0 aromatic carbocycles. The van der Waals surface area contributed by atoms with E-state index in [-0.39, 0.29) is 11.9 Å². The number of amides is 1. The van der Waals surface area contributed by atoms with Gasteiger partial charge in [0.2, 0.25) is 11.9 Å². The molecule has 1 amide bonds. The number of nitrogens with two attached hydrogens (primary N) is 1. The molecule has 1 saturated heterocycles. The van der Waals surface area contributed by atoms with E-state index in [1.165, 1.54) is 0 Å². The Labute approximate surface area is 112 Å². The predicted molar refractivity (Wildman–Crippen MR) is 71.7 cm³/mol. The van der Waals surface area contributed by atoms with E-state index in [9.17, 15) is 4.79 Å². The molecule has 2 heterocycles. The second kappa shape index (κ2) is 6.33. The highest BCUT2D eigenvalue weighted by atomic mass is 16.5. The number of carbonyl (C=O) groups is 1. The van der Waals surface area contributed by atoms with Crippen LogP contribution in [-0.2, 0) is 9.53 Å². The Morgan fingerprint density at radius 2 is 2.21 bits per heavy atom. The second-order valence-corrected chi connectivity index (χ2v) is 4.42. The summed E-state index contributed by atoms with van der Waals surface area (Å²) < 4.78 is 5.21. The molecule has 1 aliphatic heterocycles. The molecule has 3 N–H and O–H groups in total. The third-order valence-electron chi connectivity index (χ3n) is 2.88. The Bertz CT molecular complexity index is 425. The molecule has 1 aromatic heterocycles. The van der Waals surface area contributed by atoms with Crippen LogP contribution in [0, 0.1) is 6.92 Å². The van der Waals surface area contributed by atoms with Gasteiger partial charge in [0.1, 0.15) is 5.82 Å². The van der Waals surface area contributed by atoms with E-state index in [2.05, 4.69) is 15.3 Å². The number of anilines is 2. The SMILES string of the molecule is Cc1cc(NCCC(=O)N2CCOCC2)nc(N)n1. The van der Waals surface area contributed by atoms with Crippen LogP contribution in [0.3, 0.4) is 0 Å². The number of aromatic nitrogens is 2. The number of rotatable bonds is 4. The fraction of sp³-hybridized carbons (Fsp3) is 0.583. The first kappa shape index (κ1) is 13.5. The normalized spacial score (nSPS) is 15.3. The molecule has 104 valence electrons. The van der Waals surface area contributed by atoms with E-state index < -0.39 is 0 Å². The summed E-state index contributed by atoms with van der Waals surface area (Å²) in [6.45, 7) is 4.99. The topological polar surface area (TPSA) is 93.4 Å². The van der Waals surface area contributed by atoms with Gasteiger partial charge in [-0.25, -0.2) is 4.98 Å². The zero-order valence-electron chi connectivity index (χ0n) is 11.1. The minimum atomic E-state index is 0.134. The molecule has 1 fully saturated rings. The molecule has 1 aromatic rings. The maximum absolute atomic E-state index is 11.9. The first-order chi connectivity index (χ1) is 9.15. The molecule has 7 nitrogen and oxygen atoms in total. The highest BCUT2D eigenvalue weighted by Crippen LogP contribution is 2.07. The second-order valence-electron chi connectivity index (χ2n) is 4.42. The smallest absolute Gasteiger partial charge is 0.224 e. The van der Waals surface area contributed by atoms with Gasteiger partial charge in [-0.05, 0) is 6.92 Å². The van der Waals surface area contributed by atoms with Crippen molar-refractivity contribution in [3.63, 3.8) is 0 Å². The zero-order valence-corrected chi connectivity index (χ0v) is 11.1. The summed E-state index contributed by atoms with van der Waals surface area (Å²) in [7, 11) is 0. The lowest BCUT2D eigenvalue weighted by Gasteiger charge is -2.26. The number of ether oxygens (including phenoxy) is 1. The van der Waals surface area contributed by atoms with Crippen LogP contribution in [0.15, 0.2) is 6.07 Å². The number of nitrogens with one attached hydrogen (secondary N) is 1. The van der Waals surface area contributed by atoms with E-state index in [1.54, 1.807) is 6.07 Å². The van der Waals surface area contributed by atoms with Gasteiger partial charge in [-0.1, -0.05) is 0 Å². The number of nitrogen functional groups attached to an aromatic ring is 1. The average molecular weight is 265 g/mol. The number of nitrogens with zero attached hydrogens (tertiary/aromatic N) is 3. The molecule has 19 heavy (non-hydrogen) atoms. The number of aryl methyl sites for hydroxylation is 1. The summed E-state index contributed by atoms with van der Waals surface area (Å²) in [6.07, 6.45) is 0.433. The zero-order chi connectivity index (χ0) is 13.7. The molecular formula is C12H19N5O2. The minimum Gasteiger partial charge on any atom is -0.378 e. The van der Waals surface area contributed by atoms with Crippen molar-refractivity contribution in [3.05, 3.63) is 11.8 Å². The minimum absolute atomic E-state index is 0.134. The van der Waals surface area contributed by atoms with Gasteiger partial charge in [0.05, 0.1) is 13.2 Å². The van der Waals surface area contributed by atoms with Gasteiger partial charge in [-0.3, -0.25) is 4.79 Å². The fourth-order valence-corrected chi connectivity index (χ4v) is 1.95. The maximum Gasteiger partial charge on any atom is 0.224 e. The Morgan fingerprint density at radius 1 is 1.47 bits per heavy atom. The van der Waals surface area contributed by atoms with Gasteiger partial charge >= 0.3 is 0 Å². The van der Waals surface area contributed by atoms with Crippen LogP contribution in [-0.4, -0.2) is 53.6 Å². The van der Waals surface area contributed by atoms with Gasteiger partial charge in [0.15, 0.2) is 0 Å². The standard InChI is InChI=1S/C12H19N5O2/c1-9-8-10(16-12(13)15-9)14-3-2-11(18)17-4-6-19-7-5-17/h8H,2-7H2,1H3,(H3,13,14,15,16). The van der Waals surface area contributed by atoms with Crippen LogP contribution in [0.1, 0.15) is 12.1 Å². The Balaban J connectivity index is 1.77. The molecule has 0 atom stereocenters. The molecule has 0 aliphatic carbocycles. The van der Waals surface area contributed by atoms with Crippen molar-refractivity contribution in [2.45, 2.75) is 13.3 Å². The van der Waals surface area contributed by atoms with Crippen LogP contribution < -0.4 is 11.1 Å². The third-order valence-corrected chi connectivity index (χ3v) is 2.88. The molecule has 0 saturated carbocycles. The first-order valence-electron chi connectivity index (χ1n) is 6.36. The van der Waals surface area contributed by atoms with Crippen LogP contribution in [0.2, 0.25) is 0 Å². The first-order valence-corrected chi connectivity index (χ1v) is 6.36. The van der Waals surface area contributed by atoms with E-state index in [0.29, 0.717) is 45.1 Å². The van der Waals surface area contributed by atoms with E-state index in [1.807, 2.05) is 11.8 Å². The maximum atomic E-state index is 11.9. The van der Waals surface area contributed by atoms with Crippen LogP contribution in [0.25, 0.3) is 0 Å². The van der Waals surface area contributed by atoms with Gasteiger partial charge in [-0.2, -0.15) is 4.98 Å². The lowest BCUT2D eigenvalue weighted by atomic mass is 10.3. The van der Waals surface area contributed by atoms with Crippen LogP contribution in [0.4, 0.5) is 11.8 Å². The van der Waals surface area contributed by atoms with Crippen molar-refractivity contribution >= 4 is 17.7 Å². The summed E-state index contributed by atoms with van der Waals surface area (Å²) in [6, 6.07) is 1.80. The molecule has 0 spiro atoms. The fourth-order valence-electron chi connectivity index (χ4n) is 1.95. The molecule has 0 unspecified atom stereocenters. The summed E-state index contributed by atoms with van der Waals surface area (Å²) in [5.41, 5.74) is 6.36. The summed E-state index contributed by atoms with van der Waals surface area (Å²) >= 11 is 0. The lowest BCUT2D eigenvalue weighted by molar-refractivity contribution is -0.134. The Morgan fingerprint density at radius 3 is 2.89 bits per heavy atom. The molecular weight excluding hydrogens is 246 g/mol. The van der Waals surface area contributed by atoms with Crippen molar-refractivity contribution in [2.24, 2.45) is 0 Å². The van der Waals surface area contributed by atoms with Gasteiger partial charge < -0.3 is 20.7 Å². The van der Waals surface area contributed by atoms with Gasteiger partial charge in [0, 0.05) is 37.8 Å². The van der Waals surface area contributed by atoms with Crippen molar-refractivity contribution < 1.29 is 9.53 Å². The summed E-state index contributed by atoms with van der Waals surface area (Å²) in [5, 5.41) is 3.09. The molecule has 1 aliphatic rings. The summed E-state index contributed by atoms with van der Waals surface area (Å²) in [4.78, 5) is 21.8. The quantitative estimate of drug-likeness (QED) is 0.797. The summed E-state index contributed by atoms with van der Waals surface area (Å²) in [5.74, 6) is 1.02. The van der Waals surface area contributed by atoms with Gasteiger partial charge in [0.25, 0.3) is 0 Å². The van der Waals surface area contributed by atoms with E-state index in [0.717, 1.165) is 5.69 Å². The van der Waals surface area contributed by atoms with E-state index >= 15 is 0 Å². The number of hydrogen-bond donors (Lipinski definition) is 2. The van der Waals surface area contributed by atoms with Crippen molar-refractivity contribution in [1.82, 2.24) is 14.9 Å². The van der Waals surface area contributed by atoms with Crippen molar-refractivity contribution in [1.29, 1.82) is 0 Å². The number of hydrogen-bond acceptors (Lipinski definition) is 6. The van der Waals surface area contributed by atoms with Crippen molar-refractivity contribution in [3.8, 4) is 0 Å². The van der Waals surface area contributed by atoms with Crippen LogP contribution >= 0.6 is 0 Å².